The number of aromatic carboxylic acids is 1. The fourth-order valence-electron chi connectivity index (χ4n) is 4.04. The minimum absolute atomic E-state index is 0.0263. The molecule has 0 aliphatic carbocycles. The molecule has 42 heavy (non-hydrogen) atoms. The average Bonchev–Trinajstić information content (AvgIpc) is 3.31. The number of nitrogens with zero attached hydrogens (tertiary/aromatic N) is 3. The number of sulfonamides is 1. The van der Waals surface area contributed by atoms with Crippen LogP contribution in [0.2, 0.25) is 0 Å². The highest BCUT2D eigenvalue weighted by molar-refractivity contribution is 7.89. The van der Waals surface area contributed by atoms with E-state index in [4.69, 9.17) is 4.74 Å². The first-order chi connectivity index (χ1) is 19.6. The van der Waals surface area contributed by atoms with Gasteiger partial charge in [0, 0.05) is 26.2 Å². The molecule has 0 bridgehead atoms. The summed E-state index contributed by atoms with van der Waals surface area (Å²) >= 11 is 0.913. The Hall–Kier alpha value is -3.63. The number of rotatable bonds is 11. The van der Waals surface area contributed by atoms with Crippen molar-refractivity contribution >= 4 is 38.4 Å². The van der Waals surface area contributed by atoms with Crippen molar-refractivity contribution in [1.82, 2.24) is 14.6 Å². The number of nitrogens with one attached hydrogen (secondary N) is 1. The first-order valence-corrected chi connectivity index (χ1v) is 15.0. The quantitative estimate of drug-likeness (QED) is 0.279. The van der Waals surface area contributed by atoms with E-state index in [1.807, 2.05) is 6.92 Å². The van der Waals surface area contributed by atoms with Crippen LogP contribution >= 0.6 is 11.3 Å². The standard InChI is InChI=1S/C26H31F3N4O7S2/c1-5-39-17(3)7-6-16(2)14-30-23(34)21-15-32(25-31-18(4)22(41-25)24(35)36)12-13-33(21)42(37,38)20-10-8-19(9-11-20)40-26(27,28)29/h6-11,21H,5,12-15H2,1-4H3,(H,30,34)(H,35,36)/b16-6+,17-7+/t21-/m1/s1. The summed E-state index contributed by atoms with van der Waals surface area (Å²) in [5.74, 6) is -1.69. The lowest BCUT2D eigenvalue weighted by molar-refractivity contribution is -0.274. The molecule has 230 valence electrons. The van der Waals surface area contributed by atoms with Crippen molar-refractivity contribution in [2.45, 2.75) is 45.0 Å². The van der Waals surface area contributed by atoms with E-state index in [1.54, 1.807) is 30.9 Å². The van der Waals surface area contributed by atoms with Gasteiger partial charge in [-0.2, -0.15) is 4.31 Å². The van der Waals surface area contributed by atoms with Gasteiger partial charge in [0.1, 0.15) is 16.7 Å². The van der Waals surface area contributed by atoms with Crippen LogP contribution in [0.15, 0.2) is 52.6 Å². The van der Waals surface area contributed by atoms with Gasteiger partial charge >= 0.3 is 12.3 Å². The SMILES string of the molecule is CCO/C(C)=C/C=C(\C)CNC(=O)[C@H]1CN(c2nc(C)c(C(=O)O)s2)CCN1S(=O)(=O)c1ccc(OC(F)(F)F)cc1. The zero-order valence-corrected chi connectivity index (χ0v) is 24.9. The van der Waals surface area contributed by atoms with E-state index >= 15 is 0 Å². The molecule has 0 radical (unpaired) electrons. The van der Waals surface area contributed by atoms with Gasteiger partial charge < -0.3 is 24.8 Å². The molecule has 0 unspecified atom stereocenters. The Bertz CT molecular complexity index is 1460. The highest BCUT2D eigenvalue weighted by atomic mass is 32.2. The summed E-state index contributed by atoms with van der Waals surface area (Å²) < 4.78 is 75.1. The van der Waals surface area contributed by atoms with Crippen molar-refractivity contribution in [3.05, 3.63) is 58.3 Å². The molecule has 1 aromatic heterocycles. The van der Waals surface area contributed by atoms with Crippen molar-refractivity contribution in [2.75, 3.05) is 37.7 Å². The molecule has 1 aliphatic heterocycles. The number of carboxylic acids is 1. The summed E-state index contributed by atoms with van der Waals surface area (Å²) in [6.07, 6.45) is -1.46. The molecule has 1 amide bonds. The molecule has 1 saturated heterocycles. The average molecular weight is 633 g/mol. The fourth-order valence-corrected chi connectivity index (χ4v) is 6.56. The molecule has 1 aliphatic rings. The van der Waals surface area contributed by atoms with Crippen LogP contribution in [0.3, 0.4) is 0 Å². The predicted molar refractivity (Wildman–Crippen MR) is 149 cm³/mol. The maximum atomic E-state index is 13.6. The van der Waals surface area contributed by atoms with Crippen molar-refractivity contribution in [3.8, 4) is 5.75 Å². The second-order valence-corrected chi connectivity index (χ2v) is 12.1. The molecular formula is C26H31F3N4O7S2. The Balaban J connectivity index is 1.88. The minimum Gasteiger partial charge on any atom is -0.499 e. The lowest BCUT2D eigenvalue weighted by Crippen LogP contribution is -2.60. The molecule has 2 N–H and O–H groups in total. The van der Waals surface area contributed by atoms with Gasteiger partial charge in [-0.15, -0.1) is 13.2 Å². The number of halogens is 3. The molecule has 1 atom stereocenters. The number of hydrogen-bond donors (Lipinski definition) is 2. The Morgan fingerprint density at radius 1 is 1.19 bits per heavy atom. The van der Waals surface area contributed by atoms with Gasteiger partial charge in [0.05, 0.1) is 23.0 Å². The number of thiazole rings is 1. The first kappa shape index (κ1) is 32.9. The molecule has 0 saturated carbocycles. The molecule has 2 heterocycles. The second kappa shape index (κ2) is 13.6. The van der Waals surface area contributed by atoms with Crippen LogP contribution in [0, 0.1) is 6.92 Å². The largest absolute Gasteiger partial charge is 0.573 e. The smallest absolute Gasteiger partial charge is 0.499 e. The number of aryl methyl sites for hydroxylation is 1. The normalized spacial score (nSPS) is 17.2. The van der Waals surface area contributed by atoms with Crippen LogP contribution in [0.4, 0.5) is 18.3 Å². The van der Waals surface area contributed by atoms with Crippen LogP contribution in [0.1, 0.15) is 36.1 Å². The number of piperazine rings is 1. The van der Waals surface area contributed by atoms with Crippen LogP contribution in [0.25, 0.3) is 0 Å². The second-order valence-electron chi connectivity index (χ2n) is 9.25. The van der Waals surface area contributed by atoms with Gasteiger partial charge in [-0.25, -0.2) is 18.2 Å². The number of anilines is 1. The number of benzene rings is 1. The van der Waals surface area contributed by atoms with Gasteiger partial charge in [0.2, 0.25) is 15.9 Å². The lowest BCUT2D eigenvalue weighted by atomic mass is 10.2. The Morgan fingerprint density at radius 3 is 2.43 bits per heavy atom. The van der Waals surface area contributed by atoms with Gasteiger partial charge in [-0.05, 0) is 58.0 Å². The first-order valence-electron chi connectivity index (χ1n) is 12.7. The number of hydrogen-bond acceptors (Lipinski definition) is 9. The molecule has 2 aromatic rings. The van der Waals surface area contributed by atoms with Gasteiger partial charge in [0.15, 0.2) is 5.13 Å². The van der Waals surface area contributed by atoms with Crippen LogP contribution < -0.4 is 15.0 Å². The van der Waals surface area contributed by atoms with E-state index in [9.17, 15) is 36.3 Å². The number of aromatic nitrogens is 1. The summed E-state index contributed by atoms with van der Waals surface area (Å²) in [5, 5.41) is 12.5. The Kier molecular flexibility index (Phi) is 10.6. The number of ether oxygens (including phenoxy) is 2. The summed E-state index contributed by atoms with van der Waals surface area (Å²) in [7, 11) is -4.35. The molecule has 1 aromatic carbocycles. The van der Waals surface area contributed by atoms with Crippen LogP contribution in [-0.2, 0) is 19.6 Å². The molecule has 1 fully saturated rings. The predicted octanol–water partition coefficient (Wildman–Crippen LogP) is 3.93. The Labute approximate surface area is 245 Å². The van der Waals surface area contributed by atoms with Gasteiger partial charge in [0.25, 0.3) is 0 Å². The topological polar surface area (TPSA) is 138 Å². The van der Waals surface area contributed by atoms with E-state index < -0.39 is 40.1 Å². The highest BCUT2D eigenvalue weighted by Gasteiger charge is 2.41. The van der Waals surface area contributed by atoms with Gasteiger partial charge in [-0.3, -0.25) is 4.79 Å². The van der Waals surface area contributed by atoms with Crippen molar-refractivity contribution < 1.29 is 45.8 Å². The van der Waals surface area contributed by atoms with Crippen molar-refractivity contribution in [2.24, 2.45) is 0 Å². The molecule has 11 nitrogen and oxygen atoms in total. The zero-order chi connectivity index (χ0) is 31.2. The molecule has 3 rings (SSSR count). The molecular weight excluding hydrogens is 601 g/mol. The summed E-state index contributed by atoms with van der Waals surface area (Å²) in [5.41, 5.74) is 1.04. The van der Waals surface area contributed by atoms with Crippen molar-refractivity contribution in [1.29, 1.82) is 0 Å². The lowest BCUT2D eigenvalue weighted by Gasteiger charge is -2.39. The zero-order valence-electron chi connectivity index (χ0n) is 23.3. The third kappa shape index (κ3) is 8.45. The number of carboxylic acid groups (broad SMARTS) is 1. The van der Waals surface area contributed by atoms with E-state index in [0.717, 1.165) is 45.5 Å². The monoisotopic (exact) mass is 632 g/mol. The highest BCUT2D eigenvalue weighted by Crippen LogP contribution is 2.31. The third-order valence-electron chi connectivity index (χ3n) is 6.06. The number of carbonyl (C=O) groups is 2. The number of carbonyl (C=O) groups excluding carboxylic acids is 1. The van der Waals surface area contributed by atoms with Crippen LogP contribution in [-0.4, -0.2) is 79.9 Å². The van der Waals surface area contributed by atoms with E-state index in [1.165, 1.54) is 6.92 Å². The van der Waals surface area contributed by atoms with Gasteiger partial charge in [-0.1, -0.05) is 23.0 Å². The molecule has 16 heteroatoms. The third-order valence-corrected chi connectivity index (χ3v) is 9.19. The van der Waals surface area contributed by atoms with Crippen LogP contribution in [0.5, 0.6) is 5.75 Å². The van der Waals surface area contributed by atoms with Crippen molar-refractivity contribution in [3.63, 3.8) is 0 Å². The van der Waals surface area contributed by atoms with E-state index in [2.05, 4.69) is 15.0 Å². The number of amides is 1. The Morgan fingerprint density at radius 2 is 1.86 bits per heavy atom. The number of allylic oxidation sites excluding steroid dienone is 3. The maximum absolute atomic E-state index is 13.6. The summed E-state index contributed by atoms with van der Waals surface area (Å²) in [6, 6.07) is 2.44. The van der Waals surface area contributed by atoms with E-state index in [-0.39, 0.29) is 41.6 Å². The fraction of sp³-hybridized carbons (Fsp3) is 0.423. The van der Waals surface area contributed by atoms with E-state index in [0.29, 0.717) is 17.5 Å². The summed E-state index contributed by atoms with van der Waals surface area (Å²) in [6.45, 7) is 7.31. The summed E-state index contributed by atoms with van der Waals surface area (Å²) in [4.78, 5) is 30.6. The number of alkyl halides is 3. The maximum Gasteiger partial charge on any atom is 0.573 e. The molecule has 0 spiro atoms. The minimum atomic E-state index is -4.95.